The van der Waals surface area contributed by atoms with Gasteiger partial charge in [0, 0.05) is 36.2 Å². The predicted molar refractivity (Wildman–Crippen MR) is 146 cm³/mol. The SMILES string of the molecule is CC(=O)Nc1cc(F)ccc1CC(=O)c1cc(NC(=O)C2C(c3ccc(Cl)c(Cl)c3)C2(Cl)Cl)ccc1Cl. The van der Waals surface area contributed by atoms with E-state index >= 15 is 0 Å². The number of hydrogen-bond acceptors (Lipinski definition) is 3. The van der Waals surface area contributed by atoms with E-state index in [1.807, 2.05) is 0 Å². The van der Waals surface area contributed by atoms with Crippen LogP contribution in [0.15, 0.2) is 54.6 Å². The monoisotopic (exact) mass is 600 g/mol. The summed E-state index contributed by atoms with van der Waals surface area (Å²) < 4.78 is 12.3. The van der Waals surface area contributed by atoms with Gasteiger partial charge in [-0.25, -0.2) is 4.39 Å². The van der Waals surface area contributed by atoms with Crippen molar-refractivity contribution < 1.29 is 18.8 Å². The Morgan fingerprint density at radius 3 is 2.27 bits per heavy atom. The lowest BCUT2D eigenvalue weighted by Crippen LogP contribution is -2.17. The van der Waals surface area contributed by atoms with Crippen LogP contribution in [0.1, 0.15) is 34.3 Å². The van der Waals surface area contributed by atoms with Crippen LogP contribution in [0.4, 0.5) is 15.8 Å². The number of halogens is 6. The fourth-order valence-corrected chi connectivity index (χ4v) is 5.44. The van der Waals surface area contributed by atoms with Crippen molar-refractivity contribution in [3.8, 4) is 0 Å². The number of carbonyl (C=O) groups is 3. The molecule has 0 heterocycles. The maximum Gasteiger partial charge on any atom is 0.231 e. The summed E-state index contributed by atoms with van der Waals surface area (Å²) in [5.41, 5.74) is 1.70. The molecule has 1 aliphatic carbocycles. The number of rotatable bonds is 7. The van der Waals surface area contributed by atoms with Gasteiger partial charge < -0.3 is 10.6 Å². The molecule has 0 bridgehead atoms. The summed E-state index contributed by atoms with van der Waals surface area (Å²) in [6, 6.07) is 13.1. The van der Waals surface area contributed by atoms with Gasteiger partial charge in [-0.2, -0.15) is 0 Å². The molecule has 0 saturated heterocycles. The van der Waals surface area contributed by atoms with Crippen LogP contribution in [0, 0.1) is 11.7 Å². The molecule has 0 spiro atoms. The molecule has 2 atom stereocenters. The highest BCUT2D eigenvalue weighted by Crippen LogP contribution is 2.65. The van der Waals surface area contributed by atoms with Crippen LogP contribution in [0.3, 0.4) is 0 Å². The summed E-state index contributed by atoms with van der Waals surface area (Å²) in [6.07, 6.45) is -0.165. The zero-order chi connectivity index (χ0) is 27.1. The maximum atomic E-state index is 13.7. The van der Waals surface area contributed by atoms with Gasteiger partial charge in [-0.3, -0.25) is 14.4 Å². The molecule has 2 unspecified atom stereocenters. The van der Waals surface area contributed by atoms with E-state index in [2.05, 4.69) is 10.6 Å². The van der Waals surface area contributed by atoms with Crippen molar-refractivity contribution in [1.29, 1.82) is 0 Å². The van der Waals surface area contributed by atoms with E-state index in [0.29, 0.717) is 26.9 Å². The van der Waals surface area contributed by atoms with Crippen LogP contribution in [0.2, 0.25) is 15.1 Å². The molecule has 0 radical (unpaired) electrons. The van der Waals surface area contributed by atoms with Crippen LogP contribution in [-0.2, 0) is 16.0 Å². The Morgan fingerprint density at radius 1 is 0.892 bits per heavy atom. The van der Waals surface area contributed by atoms with Crippen molar-refractivity contribution >= 4 is 87.0 Å². The first kappa shape index (κ1) is 27.7. The Balaban J connectivity index is 1.52. The number of Topliss-reactive ketones (excluding diaryl/α,β-unsaturated/α-hetero) is 1. The van der Waals surface area contributed by atoms with Crippen molar-refractivity contribution in [3.05, 3.63) is 92.2 Å². The van der Waals surface area contributed by atoms with Gasteiger partial charge in [0.05, 0.1) is 21.0 Å². The molecular weight excluding hydrogens is 585 g/mol. The number of alkyl halides is 2. The van der Waals surface area contributed by atoms with Gasteiger partial charge in [-0.05, 0) is 53.6 Å². The third-order valence-electron chi connectivity index (χ3n) is 5.91. The molecule has 4 rings (SSSR count). The molecule has 3 aromatic carbocycles. The summed E-state index contributed by atoms with van der Waals surface area (Å²) in [6.45, 7) is 1.28. The number of benzene rings is 3. The van der Waals surface area contributed by atoms with Crippen molar-refractivity contribution in [1.82, 2.24) is 0 Å². The lowest BCUT2D eigenvalue weighted by Gasteiger charge is -2.12. The number of hydrogen-bond donors (Lipinski definition) is 2. The van der Waals surface area contributed by atoms with Crippen molar-refractivity contribution in [2.75, 3.05) is 10.6 Å². The van der Waals surface area contributed by atoms with Gasteiger partial charge in [-0.15, -0.1) is 23.2 Å². The van der Waals surface area contributed by atoms with Crippen molar-refractivity contribution in [2.45, 2.75) is 23.6 Å². The van der Waals surface area contributed by atoms with Crippen molar-refractivity contribution in [3.63, 3.8) is 0 Å². The fourth-order valence-electron chi connectivity index (χ4n) is 4.09. The largest absolute Gasteiger partial charge is 0.326 e. The molecular formula is C26H18Cl5FN2O3. The average Bonchev–Trinajstić information content (AvgIpc) is 3.40. The summed E-state index contributed by atoms with van der Waals surface area (Å²) in [5.74, 6) is -3.10. The van der Waals surface area contributed by atoms with E-state index in [1.165, 1.54) is 31.2 Å². The standard InChI is InChI=1S/C26H18Cl5FN2O3/c1-12(35)33-21-10-15(32)4-2-13(21)9-22(36)17-11-16(5-7-18(17)27)34-25(37)24-23(26(24,30)31)14-3-6-19(28)20(29)8-14/h2-8,10-11,23-24H,9H2,1H3,(H,33,35)(H,34,37). The molecule has 1 fully saturated rings. The third kappa shape index (κ3) is 6.05. The number of anilines is 2. The van der Waals surface area contributed by atoms with Crippen LogP contribution in [0.5, 0.6) is 0 Å². The van der Waals surface area contributed by atoms with Gasteiger partial charge in [-0.1, -0.05) is 46.9 Å². The Hall–Kier alpha value is -2.35. The second-order valence-electron chi connectivity index (χ2n) is 8.57. The molecule has 5 nitrogen and oxygen atoms in total. The van der Waals surface area contributed by atoms with E-state index in [4.69, 9.17) is 58.0 Å². The molecule has 0 aliphatic heterocycles. The van der Waals surface area contributed by atoms with Gasteiger partial charge in [0.1, 0.15) is 10.2 Å². The topological polar surface area (TPSA) is 75.3 Å². The van der Waals surface area contributed by atoms with E-state index in [-0.39, 0.29) is 22.7 Å². The van der Waals surface area contributed by atoms with E-state index in [9.17, 15) is 18.8 Å². The second-order valence-corrected chi connectivity index (χ2v) is 11.2. The van der Waals surface area contributed by atoms with Gasteiger partial charge >= 0.3 is 0 Å². The molecule has 1 saturated carbocycles. The molecule has 0 aromatic heterocycles. The van der Waals surface area contributed by atoms with Crippen molar-refractivity contribution in [2.24, 2.45) is 5.92 Å². The number of ketones is 1. The fraction of sp³-hybridized carbons (Fsp3) is 0.192. The molecule has 1 aliphatic rings. The quantitative estimate of drug-likeness (QED) is 0.215. The minimum atomic E-state index is -1.35. The number of amides is 2. The molecule has 3 aromatic rings. The minimum absolute atomic E-state index is 0.136. The van der Waals surface area contributed by atoms with E-state index in [1.54, 1.807) is 24.3 Å². The van der Waals surface area contributed by atoms with Gasteiger partial charge in [0.25, 0.3) is 0 Å². The highest BCUT2D eigenvalue weighted by atomic mass is 35.5. The first-order chi connectivity index (χ1) is 17.4. The van der Waals surface area contributed by atoms with Crippen LogP contribution >= 0.6 is 58.0 Å². The second kappa shape index (κ2) is 10.8. The van der Waals surface area contributed by atoms with E-state index < -0.39 is 39.6 Å². The summed E-state index contributed by atoms with van der Waals surface area (Å²) in [5, 5.41) is 6.09. The summed E-state index contributed by atoms with van der Waals surface area (Å²) in [4.78, 5) is 37.6. The smallest absolute Gasteiger partial charge is 0.231 e. The molecule has 192 valence electrons. The predicted octanol–water partition coefficient (Wildman–Crippen LogP) is 7.70. The minimum Gasteiger partial charge on any atom is -0.326 e. The zero-order valence-electron chi connectivity index (χ0n) is 19.1. The molecule has 11 heteroatoms. The highest BCUT2D eigenvalue weighted by molar-refractivity contribution is 6.53. The van der Waals surface area contributed by atoms with Gasteiger partial charge in [0.2, 0.25) is 11.8 Å². The lowest BCUT2D eigenvalue weighted by molar-refractivity contribution is -0.117. The maximum absolute atomic E-state index is 13.7. The summed E-state index contributed by atoms with van der Waals surface area (Å²) in [7, 11) is 0. The molecule has 37 heavy (non-hydrogen) atoms. The van der Waals surface area contributed by atoms with Crippen LogP contribution in [0.25, 0.3) is 0 Å². The number of nitrogens with one attached hydrogen (secondary N) is 2. The zero-order valence-corrected chi connectivity index (χ0v) is 22.8. The Labute approximate surface area is 237 Å². The Morgan fingerprint density at radius 2 is 1.59 bits per heavy atom. The first-order valence-electron chi connectivity index (χ1n) is 10.9. The third-order valence-corrected chi connectivity index (χ3v) is 7.92. The van der Waals surface area contributed by atoms with Crippen LogP contribution < -0.4 is 10.6 Å². The molecule has 2 N–H and O–H groups in total. The average molecular weight is 603 g/mol. The highest BCUT2D eigenvalue weighted by Gasteiger charge is 2.67. The molecule has 2 amide bonds. The Kier molecular flexibility index (Phi) is 8.07. The van der Waals surface area contributed by atoms with E-state index in [0.717, 1.165) is 6.07 Å². The normalized spacial score (nSPS) is 17.7. The van der Waals surface area contributed by atoms with Gasteiger partial charge in [0.15, 0.2) is 5.78 Å². The summed E-state index contributed by atoms with van der Waals surface area (Å²) >= 11 is 31.2. The van der Waals surface area contributed by atoms with Crippen LogP contribution in [-0.4, -0.2) is 21.9 Å². The Bertz CT molecular complexity index is 1430. The first-order valence-corrected chi connectivity index (χ1v) is 12.8. The number of carbonyl (C=O) groups excluding carboxylic acids is 3. The lowest BCUT2D eigenvalue weighted by atomic mass is 10.0.